The second-order valence-corrected chi connectivity index (χ2v) is 6.10. The highest BCUT2D eigenvalue weighted by Gasteiger charge is 2.28. The van der Waals surface area contributed by atoms with Crippen LogP contribution in [0.1, 0.15) is 40.2 Å². The van der Waals surface area contributed by atoms with Crippen molar-refractivity contribution >= 4 is 35.2 Å². The molecule has 0 bridgehead atoms. The highest BCUT2D eigenvalue weighted by atomic mass is 32.1. The van der Waals surface area contributed by atoms with Crippen LogP contribution in [-0.4, -0.2) is 31.3 Å². The summed E-state index contributed by atoms with van der Waals surface area (Å²) in [5.74, 6) is -0.196. The summed E-state index contributed by atoms with van der Waals surface area (Å²) >= 11 is 1.31. The van der Waals surface area contributed by atoms with Gasteiger partial charge in [0.05, 0.1) is 12.8 Å². The maximum atomic E-state index is 11.8. The van der Waals surface area contributed by atoms with Gasteiger partial charge in [0.25, 0.3) is 0 Å². The average molecular weight is 295 g/mol. The maximum Gasteiger partial charge on any atom is 0.350 e. The Morgan fingerprint density at radius 2 is 2.10 bits per heavy atom. The van der Waals surface area contributed by atoms with E-state index >= 15 is 0 Å². The number of amides is 1. The van der Waals surface area contributed by atoms with E-state index in [-0.39, 0.29) is 11.8 Å². The summed E-state index contributed by atoms with van der Waals surface area (Å²) in [6.07, 6.45) is 3.02. The molecule has 5 nitrogen and oxygen atoms in total. The fourth-order valence-corrected chi connectivity index (χ4v) is 3.40. The molecule has 0 radical (unpaired) electrons. The molecule has 1 aliphatic rings. The lowest BCUT2D eigenvalue weighted by Crippen LogP contribution is -2.37. The molecule has 2 rings (SSSR count). The predicted molar refractivity (Wildman–Crippen MR) is 76.2 cm³/mol. The molecule has 0 aromatic carbocycles. The molecule has 0 saturated heterocycles. The molecule has 0 spiro atoms. The number of carbonyl (C=O) groups excluding carboxylic acids is 3. The number of rotatable bonds is 4. The lowest BCUT2D eigenvalue weighted by Gasteiger charge is -2.30. The number of hydrogen-bond acceptors (Lipinski definition) is 5. The molecule has 108 valence electrons. The van der Waals surface area contributed by atoms with Crippen LogP contribution < -0.4 is 4.90 Å². The fraction of sp³-hybridized carbons (Fsp3) is 0.500. The number of thiophene rings is 1. The number of ketones is 1. The standard InChI is InChI=1S/C14H17NO4S/c1-9-7-12(13(20-9)14(18)19-2)15(8-16)10-3-5-11(17)6-4-10/h7-8,10H,3-6H2,1-2H3. The van der Waals surface area contributed by atoms with Gasteiger partial charge in [-0.1, -0.05) is 0 Å². The van der Waals surface area contributed by atoms with E-state index in [2.05, 4.69) is 0 Å². The molecule has 0 aliphatic heterocycles. The van der Waals surface area contributed by atoms with Crippen molar-refractivity contribution < 1.29 is 19.1 Å². The molecule has 1 saturated carbocycles. The SMILES string of the molecule is COC(=O)c1sc(C)cc1N(C=O)C1CCC(=O)CC1. The summed E-state index contributed by atoms with van der Waals surface area (Å²) < 4.78 is 4.76. The van der Waals surface area contributed by atoms with Gasteiger partial charge >= 0.3 is 5.97 Å². The van der Waals surface area contributed by atoms with Crippen LogP contribution in [0.2, 0.25) is 0 Å². The first-order chi connectivity index (χ1) is 9.56. The Kier molecular flexibility index (Phi) is 4.54. The monoisotopic (exact) mass is 295 g/mol. The van der Waals surface area contributed by atoms with E-state index in [4.69, 9.17) is 4.74 Å². The molecule has 1 aromatic heterocycles. The first-order valence-corrected chi connectivity index (χ1v) is 7.32. The number of Topliss-reactive ketones (excluding diaryl/α,β-unsaturated/α-hetero) is 1. The zero-order valence-electron chi connectivity index (χ0n) is 11.5. The number of methoxy groups -OCH3 is 1. The molecule has 1 aromatic rings. The van der Waals surface area contributed by atoms with Crippen molar-refractivity contribution in [3.05, 3.63) is 15.8 Å². The smallest absolute Gasteiger partial charge is 0.350 e. The Hall–Kier alpha value is -1.69. The highest BCUT2D eigenvalue weighted by Crippen LogP contribution is 2.33. The van der Waals surface area contributed by atoms with Gasteiger partial charge in [0.1, 0.15) is 10.7 Å². The van der Waals surface area contributed by atoms with Crippen LogP contribution >= 0.6 is 11.3 Å². The Bertz CT molecular complexity index is 527. The third kappa shape index (κ3) is 2.90. The third-order valence-corrected chi connectivity index (χ3v) is 4.52. The van der Waals surface area contributed by atoms with Crippen LogP contribution in [0.15, 0.2) is 6.07 Å². The minimum atomic E-state index is -0.433. The normalized spacial score (nSPS) is 16.0. The third-order valence-electron chi connectivity index (χ3n) is 3.50. The van der Waals surface area contributed by atoms with Crippen molar-refractivity contribution in [3.63, 3.8) is 0 Å². The number of hydrogen-bond donors (Lipinski definition) is 0. The number of nitrogens with zero attached hydrogens (tertiary/aromatic N) is 1. The van der Waals surface area contributed by atoms with Gasteiger partial charge in [-0.25, -0.2) is 4.79 Å². The lowest BCUT2D eigenvalue weighted by atomic mass is 9.93. The fourth-order valence-electron chi connectivity index (χ4n) is 2.47. The van der Waals surface area contributed by atoms with Crippen LogP contribution in [0.25, 0.3) is 0 Å². The minimum Gasteiger partial charge on any atom is -0.465 e. The zero-order chi connectivity index (χ0) is 14.7. The van der Waals surface area contributed by atoms with Gasteiger partial charge in [-0.2, -0.15) is 0 Å². The first kappa shape index (κ1) is 14.7. The number of esters is 1. The van der Waals surface area contributed by atoms with Gasteiger partial charge < -0.3 is 9.64 Å². The van der Waals surface area contributed by atoms with Crippen molar-refractivity contribution in [2.75, 3.05) is 12.0 Å². The molecule has 0 unspecified atom stereocenters. The second kappa shape index (κ2) is 6.17. The summed E-state index contributed by atoms with van der Waals surface area (Å²) in [5, 5.41) is 0. The summed E-state index contributed by atoms with van der Waals surface area (Å²) in [4.78, 5) is 37.5. The van der Waals surface area contributed by atoms with E-state index in [1.807, 2.05) is 13.0 Å². The van der Waals surface area contributed by atoms with Crippen LogP contribution in [-0.2, 0) is 14.3 Å². The summed E-state index contributed by atoms with van der Waals surface area (Å²) in [5.41, 5.74) is 0.591. The topological polar surface area (TPSA) is 63.7 Å². The molecule has 20 heavy (non-hydrogen) atoms. The molecule has 1 amide bonds. The Balaban J connectivity index is 2.29. The van der Waals surface area contributed by atoms with E-state index in [1.54, 1.807) is 4.90 Å². The Morgan fingerprint density at radius 3 is 2.65 bits per heavy atom. The van der Waals surface area contributed by atoms with Gasteiger partial charge in [-0.15, -0.1) is 11.3 Å². The molecule has 6 heteroatoms. The van der Waals surface area contributed by atoms with E-state index < -0.39 is 5.97 Å². The number of aryl methyl sites for hydroxylation is 1. The van der Waals surface area contributed by atoms with Gasteiger partial charge in [-0.05, 0) is 25.8 Å². The van der Waals surface area contributed by atoms with Crippen molar-refractivity contribution in [1.29, 1.82) is 0 Å². The van der Waals surface area contributed by atoms with Crippen molar-refractivity contribution in [1.82, 2.24) is 0 Å². The second-order valence-electron chi connectivity index (χ2n) is 4.85. The van der Waals surface area contributed by atoms with Crippen molar-refractivity contribution in [2.45, 2.75) is 38.6 Å². The van der Waals surface area contributed by atoms with Crippen LogP contribution in [0.4, 0.5) is 5.69 Å². The molecule has 1 heterocycles. The Morgan fingerprint density at radius 1 is 1.45 bits per heavy atom. The van der Waals surface area contributed by atoms with Gasteiger partial charge in [0, 0.05) is 23.8 Å². The maximum absolute atomic E-state index is 11.8. The summed E-state index contributed by atoms with van der Waals surface area (Å²) in [6, 6.07) is 1.80. The molecule has 1 aliphatic carbocycles. The summed E-state index contributed by atoms with van der Waals surface area (Å²) in [6.45, 7) is 1.88. The highest BCUT2D eigenvalue weighted by molar-refractivity contribution is 7.14. The van der Waals surface area contributed by atoms with Crippen molar-refractivity contribution in [2.24, 2.45) is 0 Å². The quantitative estimate of drug-likeness (QED) is 0.631. The molecule has 0 atom stereocenters. The number of ether oxygens (including phenoxy) is 1. The molecule has 1 fully saturated rings. The van der Waals surface area contributed by atoms with Crippen molar-refractivity contribution in [3.8, 4) is 0 Å². The van der Waals surface area contributed by atoms with Gasteiger partial charge in [-0.3, -0.25) is 9.59 Å². The largest absolute Gasteiger partial charge is 0.465 e. The van der Waals surface area contributed by atoms with Crippen LogP contribution in [0.3, 0.4) is 0 Å². The number of anilines is 1. The van der Waals surface area contributed by atoms with E-state index in [1.165, 1.54) is 18.4 Å². The predicted octanol–water partition coefficient (Wildman–Crippen LogP) is 2.32. The first-order valence-electron chi connectivity index (χ1n) is 6.51. The Labute approximate surface area is 121 Å². The van der Waals surface area contributed by atoms with E-state index in [9.17, 15) is 14.4 Å². The number of carbonyl (C=O) groups is 3. The van der Waals surface area contributed by atoms with Gasteiger partial charge in [0.2, 0.25) is 6.41 Å². The van der Waals surface area contributed by atoms with Crippen LogP contribution in [0, 0.1) is 6.92 Å². The van der Waals surface area contributed by atoms with Crippen LogP contribution in [0.5, 0.6) is 0 Å². The van der Waals surface area contributed by atoms with Gasteiger partial charge in [0.15, 0.2) is 0 Å². The molecular weight excluding hydrogens is 278 g/mol. The van der Waals surface area contributed by atoms with E-state index in [0.29, 0.717) is 36.2 Å². The average Bonchev–Trinajstić information content (AvgIpc) is 2.83. The zero-order valence-corrected chi connectivity index (χ0v) is 12.4. The minimum absolute atomic E-state index is 0.0254. The molecular formula is C14H17NO4S. The molecule has 0 N–H and O–H groups in total. The lowest BCUT2D eigenvalue weighted by molar-refractivity contribution is -0.121. The van der Waals surface area contributed by atoms with E-state index in [0.717, 1.165) is 11.3 Å². The summed E-state index contributed by atoms with van der Waals surface area (Å²) in [7, 11) is 1.33.